The van der Waals surface area contributed by atoms with E-state index in [9.17, 15) is 47.9 Å². The van der Waals surface area contributed by atoms with Crippen molar-refractivity contribution in [3.05, 3.63) is 160 Å². The molecule has 0 bridgehead atoms. The molecule has 0 aliphatic carbocycles. The Morgan fingerprint density at radius 1 is 0.752 bits per heavy atom. The number of hydrogen-bond acceptors (Lipinski definition) is 15. The van der Waals surface area contributed by atoms with Gasteiger partial charge in [-0.2, -0.15) is 0 Å². The number of thiophene rings is 1. The summed E-state index contributed by atoms with van der Waals surface area (Å²) in [5, 5.41) is 15.9. The summed E-state index contributed by atoms with van der Waals surface area (Å²) in [6.45, 7) is 11.8. The summed E-state index contributed by atoms with van der Waals surface area (Å²) in [6, 6.07) is 30.0. The molecular weight excluding hydrogens is 1380 g/mol. The van der Waals surface area contributed by atoms with Crippen molar-refractivity contribution in [1.82, 2.24) is 45.1 Å². The SMILES string of the molecule is Cc1csc2c(OC(=O)N(C)CC(C)(C)CN(C)C(=O)OCc3ccc(NC(=O)CN4C(=O)[C@@H](NC(=O)[C@H](Cc5ccccc5)NC(=O)CCCCCN5C(=O)C=CC5=O)CC4C)cc3)cc3c(c12)[C@H](CCl)CN3C(=O)c1cc2cc(NC(=O)c3cc4cc(OCCN5CCCC5)ccc4[nH]3)ccc2[nH]1. The fourth-order valence-corrected chi connectivity index (χ4v) is 15.6. The van der Waals surface area contributed by atoms with Gasteiger partial charge < -0.3 is 65.0 Å². The molecule has 10 amide bonds. The number of aryl methyl sites for hydroxylation is 1. The van der Waals surface area contributed by atoms with E-state index in [4.69, 9.17) is 25.8 Å². The van der Waals surface area contributed by atoms with Crippen LogP contribution in [0.25, 0.3) is 31.9 Å². The highest BCUT2D eigenvalue weighted by molar-refractivity contribution is 7.17. The molecule has 1 unspecified atom stereocenters. The van der Waals surface area contributed by atoms with Crippen molar-refractivity contribution in [3.63, 3.8) is 0 Å². The molecule has 25 nitrogen and oxygen atoms in total. The Hall–Kier alpha value is -10.6. The normalized spacial score (nSPS) is 16.8. The molecule has 4 atom stereocenters. The lowest BCUT2D eigenvalue weighted by Gasteiger charge is -2.33. The number of hydrogen-bond donors (Lipinski definition) is 6. The zero-order valence-corrected chi connectivity index (χ0v) is 61.2. The molecule has 0 spiro atoms. The van der Waals surface area contributed by atoms with Crippen molar-refractivity contribution in [3.8, 4) is 11.5 Å². The van der Waals surface area contributed by atoms with Gasteiger partial charge in [0.25, 0.3) is 23.6 Å². The van der Waals surface area contributed by atoms with Crippen molar-refractivity contribution < 1.29 is 62.2 Å². The molecule has 8 aromatic rings. The Kier molecular flexibility index (Phi) is 23.0. The second kappa shape index (κ2) is 32.6. The van der Waals surface area contributed by atoms with Crippen LogP contribution in [0, 0.1) is 12.3 Å². The number of amides is 10. The van der Waals surface area contributed by atoms with E-state index in [-0.39, 0.29) is 106 Å². The van der Waals surface area contributed by atoms with Crippen molar-refractivity contribution in [1.29, 1.82) is 0 Å². The topological polar surface area (TPSA) is 298 Å². The van der Waals surface area contributed by atoms with Gasteiger partial charge >= 0.3 is 12.2 Å². The number of rotatable bonds is 29. The lowest BCUT2D eigenvalue weighted by molar-refractivity contribution is -0.137. The van der Waals surface area contributed by atoms with Gasteiger partial charge in [0, 0.05) is 140 Å². The monoisotopic (exact) mass is 1470 g/mol. The summed E-state index contributed by atoms with van der Waals surface area (Å²) in [4.78, 5) is 150. The second-order valence-corrected chi connectivity index (χ2v) is 29.6. The maximum absolute atomic E-state index is 14.7. The fraction of sp³-hybridized carbons (Fsp3) is 0.385. The van der Waals surface area contributed by atoms with E-state index in [0.29, 0.717) is 70.8 Å². The molecule has 7 heterocycles. The predicted octanol–water partition coefficient (Wildman–Crippen LogP) is 10.9. The molecule has 5 aromatic carbocycles. The molecule has 12 rings (SSSR count). The Morgan fingerprint density at radius 2 is 1.44 bits per heavy atom. The van der Waals surface area contributed by atoms with Gasteiger partial charge in [-0.05, 0) is 147 Å². The Labute approximate surface area is 616 Å². The minimum absolute atomic E-state index is 0.0845. The summed E-state index contributed by atoms with van der Waals surface area (Å²) >= 11 is 8.12. The number of carbonyl (C=O) groups excluding carboxylic acids is 10. The van der Waals surface area contributed by atoms with Gasteiger partial charge in [0.05, 0.1) is 10.4 Å². The number of benzene rings is 5. The number of H-pyrrole nitrogens is 2. The first kappa shape index (κ1) is 74.2. The van der Waals surface area contributed by atoms with Crippen molar-refractivity contribution in [2.24, 2.45) is 5.41 Å². The van der Waals surface area contributed by atoms with E-state index in [1.807, 2.05) is 86.8 Å². The predicted molar refractivity (Wildman–Crippen MR) is 402 cm³/mol. The number of aromatic amines is 2. The quantitative estimate of drug-likeness (QED) is 0.0144. The number of halogens is 1. The molecule has 2 saturated heterocycles. The molecule has 4 aliphatic heterocycles. The second-order valence-electron chi connectivity index (χ2n) is 28.4. The lowest BCUT2D eigenvalue weighted by atomic mass is 9.92. The maximum atomic E-state index is 14.7. The largest absolute Gasteiger partial charge is 0.492 e. The van der Waals surface area contributed by atoms with Gasteiger partial charge in [0.15, 0.2) is 5.75 Å². The van der Waals surface area contributed by atoms with Crippen LogP contribution >= 0.6 is 22.9 Å². The number of nitrogens with zero attached hydrogens (tertiary/aromatic N) is 6. The number of likely N-dealkylation sites (tertiary alicyclic amines) is 2. The average molecular weight is 1470 g/mol. The summed E-state index contributed by atoms with van der Waals surface area (Å²) < 4.78 is 18.7. The third kappa shape index (κ3) is 17.8. The zero-order valence-electron chi connectivity index (χ0n) is 59.6. The van der Waals surface area contributed by atoms with Crippen LogP contribution in [0.1, 0.15) is 115 Å². The number of unbranched alkanes of at least 4 members (excludes halogenated alkanes) is 2. The van der Waals surface area contributed by atoms with Crippen LogP contribution in [-0.2, 0) is 46.5 Å². The molecule has 2 fully saturated rings. The molecule has 0 saturated carbocycles. The van der Waals surface area contributed by atoms with Gasteiger partial charge in [0.1, 0.15) is 49.0 Å². The van der Waals surface area contributed by atoms with Crippen molar-refractivity contribution in [2.75, 3.05) is 94.5 Å². The standard InChI is InChI=1S/C78H87ClN12O13S/c1-47-44-105-71-64(39-63-70(69(47)71)53(40-79)41-91(63)75(99)62-38-51-35-55(22-24-57(51)83-62)81-72(96)60-37-52-36-56(23-25-58(52)82-60)102-32-31-88-28-13-14-29-88)104-77(101)87(6)46-78(3,4)45-86(5)76(100)103-43-50-18-20-54(21-19-50)80-66(93)42-90-48(2)33-61(74(90)98)85-73(97)59(34-49-15-9-7-10-16-49)84-65(92)17-11-8-12-30-89-67(94)26-27-68(89)95/h7,9-10,15-16,18-27,35-39,44,48,53,59,61,82-83H,8,11-14,17,28-34,40-43,45-46H2,1-6H3,(H,80,93)(H,81,96)(H,84,92)(H,85,97)/t48?,53-,59+,61+/m1/s1. The first-order chi connectivity index (χ1) is 50.4. The van der Waals surface area contributed by atoms with Crippen LogP contribution in [0.4, 0.5) is 26.7 Å². The number of carbonyl (C=O) groups is 10. The lowest BCUT2D eigenvalue weighted by Crippen LogP contribution is -2.52. The van der Waals surface area contributed by atoms with Crippen LogP contribution < -0.4 is 35.6 Å². The summed E-state index contributed by atoms with van der Waals surface area (Å²) in [7, 11) is 3.22. The third-order valence-corrected chi connectivity index (χ3v) is 21.0. The van der Waals surface area contributed by atoms with E-state index in [0.717, 1.165) is 68.0 Å². The smallest absolute Gasteiger partial charge is 0.415 e. The van der Waals surface area contributed by atoms with Gasteiger partial charge in [-0.25, -0.2) is 9.59 Å². The fourth-order valence-electron chi connectivity index (χ4n) is 14.3. The van der Waals surface area contributed by atoms with Crippen LogP contribution in [0.15, 0.2) is 127 Å². The molecule has 3 aromatic heterocycles. The van der Waals surface area contributed by atoms with Crippen LogP contribution in [0.5, 0.6) is 11.5 Å². The van der Waals surface area contributed by atoms with E-state index < -0.39 is 53.4 Å². The van der Waals surface area contributed by atoms with Gasteiger partial charge in [0.2, 0.25) is 23.6 Å². The number of fused-ring (bicyclic) bond motifs is 5. The minimum atomic E-state index is -0.994. The molecule has 550 valence electrons. The third-order valence-electron chi connectivity index (χ3n) is 19.6. The molecule has 0 radical (unpaired) electrons. The Balaban J connectivity index is 0.597. The maximum Gasteiger partial charge on any atom is 0.415 e. The van der Waals surface area contributed by atoms with E-state index in [1.54, 1.807) is 74.4 Å². The molecule has 27 heteroatoms. The Morgan fingerprint density at radius 3 is 2.17 bits per heavy atom. The number of ether oxygens (including phenoxy) is 3. The van der Waals surface area contributed by atoms with Crippen LogP contribution in [-0.4, -0.2) is 191 Å². The first-order valence-electron chi connectivity index (χ1n) is 35.5. The van der Waals surface area contributed by atoms with E-state index >= 15 is 0 Å². The highest BCUT2D eigenvalue weighted by Crippen LogP contribution is 2.49. The number of anilines is 3. The molecule has 105 heavy (non-hydrogen) atoms. The van der Waals surface area contributed by atoms with Crippen LogP contribution in [0.3, 0.4) is 0 Å². The minimum Gasteiger partial charge on any atom is -0.492 e. The number of imide groups is 1. The van der Waals surface area contributed by atoms with Crippen molar-refractivity contribution in [2.45, 2.75) is 110 Å². The molecule has 6 N–H and O–H groups in total. The zero-order chi connectivity index (χ0) is 74.2. The molecular formula is C78H87ClN12O13S. The summed E-state index contributed by atoms with van der Waals surface area (Å²) in [5.74, 6) is -2.12. The average Bonchev–Trinajstić information content (AvgIpc) is 1.58. The number of alkyl halides is 1. The van der Waals surface area contributed by atoms with E-state index in [1.165, 1.54) is 51.0 Å². The van der Waals surface area contributed by atoms with Crippen LogP contribution in [0.2, 0.25) is 0 Å². The Bertz CT molecular complexity index is 4640. The van der Waals surface area contributed by atoms with Gasteiger partial charge in [-0.1, -0.05) is 62.7 Å². The number of aromatic nitrogens is 2. The summed E-state index contributed by atoms with van der Waals surface area (Å²) in [6.07, 6.45) is 5.74. The molecule has 4 aliphatic rings. The van der Waals surface area contributed by atoms with E-state index in [2.05, 4.69) is 36.1 Å². The highest BCUT2D eigenvalue weighted by atomic mass is 35.5. The van der Waals surface area contributed by atoms with Gasteiger partial charge in [-0.15, -0.1) is 22.9 Å². The van der Waals surface area contributed by atoms with Crippen molar-refractivity contribution >= 4 is 131 Å². The first-order valence-corrected chi connectivity index (χ1v) is 36.9. The number of nitrogens with one attached hydrogen (secondary N) is 6. The highest BCUT2D eigenvalue weighted by Gasteiger charge is 2.41. The summed E-state index contributed by atoms with van der Waals surface area (Å²) in [5.41, 5.74) is 6.37. The van der Waals surface area contributed by atoms with Gasteiger partial charge in [-0.3, -0.25) is 48.2 Å².